The number of carbonyl (C=O) groups is 1. The standard InChI is InChI=1S/C24H28ClFN4O3S/c1-15(16-6-11-21(20(26)12-16)29-34(5,32)33)23(31)27-14-19-13-22(24(2,3)4)28-30(19)18-9-7-17(25)8-10-18/h6-13,15,29H,14H2,1-5H3,(H,27,31). The molecule has 0 radical (unpaired) electrons. The molecule has 0 aliphatic carbocycles. The van der Waals surface area contributed by atoms with Crippen molar-refractivity contribution in [2.75, 3.05) is 11.0 Å². The van der Waals surface area contributed by atoms with Gasteiger partial charge in [-0.25, -0.2) is 17.5 Å². The van der Waals surface area contributed by atoms with E-state index in [9.17, 15) is 17.6 Å². The van der Waals surface area contributed by atoms with Crippen molar-refractivity contribution in [2.24, 2.45) is 0 Å². The van der Waals surface area contributed by atoms with Gasteiger partial charge in [-0.05, 0) is 55.0 Å². The summed E-state index contributed by atoms with van der Waals surface area (Å²) in [4.78, 5) is 12.8. The molecule has 1 aromatic heterocycles. The van der Waals surface area contributed by atoms with Crippen LogP contribution in [0.4, 0.5) is 10.1 Å². The van der Waals surface area contributed by atoms with Crippen molar-refractivity contribution in [3.63, 3.8) is 0 Å². The Morgan fingerprint density at radius 2 is 1.79 bits per heavy atom. The molecule has 2 aromatic carbocycles. The molecule has 1 atom stereocenters. The number of carbonyl (C=O) groups excluding carboxylic acids is 1. The fourth-order valence-electron chi connectivity index (χ4n) is 3.28. The van der Waals surface area contributed by atoms with Gasteiger partial charge in [0.05, 0.1) is 41.5 Å². The summed E-state index contributed by atoms with van der Waals surface area (Å²) in [7, 11) is -3.61. The molecule has 0 fully saturated rings. The highest BCUT2D eigenvalue weighted by Gasteiger charge is 2.22. The van der Waals surface area contributed by atoms with E-state index in [1.54, 1.807) is 23.7 Å². The molecule has 0 saturated carbocycles. The molecule has 182 valence electrons. The molecule has 0 aliphatic rings. The van der Waals surface area contributed by atoms with Gasteiger partial charge in [-0.2, -0.15) is 5.10 Å². The first kappa shape index (κ1) is 25.7. The number of hydrogen-bond donors (Lipinski definition) is 2. The average molecular weight is 507 g/mol. The molecular weight excluding hydrogens is 479 g/mol. The molecule has 7 nitrogen and oxygen atoms in total. The van der Waals surface area contributed by atoms with Gasteiger partial charge < -0.3 is 5.32 Å². The largest absolute Gasteiger partial charge is 0.350 e. The summed E-state index contributed by atoms with van der Waals surface area (Å²) in [6.45, 7) is 8.05. The number of benzene rings is 2. The van der Waals surface area contributed by atoms with Crippen LogP contribution >= 0.6 is 11.6 Å². The summed E-state index contributed by atoms with van der Waals surface area (Å²) in [5, 5.41) is 8.24. The van der Waals surface area contributed by atoms with Gasteiger partial charge in [0.25, 0.3) is 0 Å². The quantitative estimate of drug-likeness (QED) is 0.483. The molecule has 3 aromatic rings. The number of anilines is 1. The lowest BCUT2D eigenvalue weighted by Crippen LogP contribution is -2.28. The van der Waals surface area contributed by atoms with Crippen molar-refractivity contribution in [3.05, 3.63) is 76.3 Å². The highest BCUT2D eigenvalue weighted by molar-refractivity contribution is 7.92. The molecule has 1 heterocycles. The van der Waals surface area contributed by atoms with Crippen molar-refractivity contribution >= 4 is 33.2 Å². The van der Waals surface area contributed by atoms with Crippen LogP contribution in [0.5, 0.6) is 0 Å². The van der Waals surface area contributed by atoms with Gasteiger partial charge in [-0.15, -0.1) is 0 Å². The highest BCUT2D eigenvalue weighted by Crippen LogP contribution is 2.25. The van der Waals surface area contributed by atoms with Crippen LogP contribution in [0.25, 0.3) is 5.69 Å². The zero-order valence-corrected chi connectivity index (χ0v) is 21.3. The first-order chi connectivity index (χ1) is 15.7. The predicted octanol–water partition coefficient (Wildman–Crippen LogP) is 4.75. The molecule has 0 bridgehead atoms. The van der Waals surface area contributed by atoms with Crippen molar-refractivity contribution in [3.8, 4) is 5.69 Å². The third-order valence-electron chi connectivity index (χ3n) is 5.25. The molecule has 1 unspecified atom stereocenters. The number of rotatable bonds is 7. The van der Waals surface area contributed by atoms with Gasteiger partial charge in [0, 0.05) is 10.4 Å². The SMILES string of the molecule is CC(C(=O)NCc1cc(C(C)(C)C)nn1-c1ccc(Cl)cc1)c1ccc(NS(C)(=O)=O)c(F)c1. The first-order valence-corrected chi connectivity index (χ1v) is 12.9. The summed E-state index contributed by atoms with van der Waals surface area (Å²) in [5.74, 6) is -1.71. The minimum absolute atomic E-state index is 0.166. The van der Waals surface area contributed by atoms with E-state index < -0.39 is 21.8 Å². The number of amides is 1. The fraction of sp³-hybridized carbons (Fsp3) is 0.333. The molecule has 0 spiro atoms. The molecule has 0 saturated heterocycles. The number of hydrogen-bond acceptors (Lipinski definition) is 4. The predicted molar refractivity (Wildman–Crippen MR) is 132 cm³/mol. The second kappa shape index (κ2) is 9.76. The van der Waals surface area contributed by atoms with Crippen LogP contribution in [0.1, 0.15) is 50.6 Å². The van der Waals surface area contributed by atoms with E-state index in [-0.39, 0.29) is 23.6 Å². The second-order valence-electron chi connectivity index (χ2n) is 9.21. The molecule has 10 heteroatoms. The van der Waals surface area contributed by atoms with Crippen molar-refractivity contribution in [2.45, 2.75) is 45.6 Å². The van der Waals surface area contributed by atoms with Gasteiger partial charge in [-0.1, -0.05) is 38.4 Å². The summed E-state index contributed by atoms with van der Waals surface area (Å²) in [6.07, 6.45) is 0.941. The Morgan fingerprint density at radius 1 is 1.15 bits per heavy atom. The third-order valence-corrected chi connectivity index (χ3v) is 6.09. The van der Waals surface area contributed by atoms with Crippen LogP contribution in [-0.4, -0.2) is 30.4 Å². The van der Waals surface area contributed by atoms with Gasteiger partial charge in [0.2, 0.25) is 15.9 Å². The van der Waals surface area contributed by atoms with Crippen LogP contribution in [0.15, 0.2) is 48.5 Å². The van der Waals surface area contributed by atoms with Crippen molar-refractivity contribution in [1.29, 1.82) is 0 Å². The Morgan fingerprint density at radius 3 is 2.35 bits per heavy atom. The van der Waals surface area contributed by atoms with Crippen LogP contribution in [0.3, 0.4) is 0 Å². The number of nitrogens with zero attached hydrogens (tertiary/aromatic N) is 2. The molecule has 2 N–H and O–H groups in total. The Balaban J connectivity index is 1.79. The molecule has 3 rings (SSSR count). The fourth-order valence-corrected chi connectivity index (χ4v) is 3.97. The lowest BCUT2D eigenvalue weighted by Gasteiger charge is -2.15. The lowest BCUT2D eigenvalue weighted by atomic mass is 9.92. The maximum atomic E-state index is 14.4. The minimum Gasteiger partial charge on any atom is -0.350 e. The summed E-state index contributed by atoms with van der Waals surface area (Å²) in [5.41, 5.74) is 2.54. The van der Waals surface area contributed by atoms with Crippen molar-refractivity contribution < 1.29 is 17.6 Å². The summed E-state index contributed by atoms with van der Waals surface area (Å²) in [6, 6.07) is 13.2. The Bertz CT molecular complexity index is 1300. The lowest BCUT2D eigenvalue weighted by molar-refractivity contribution is -0.122. The number of nitrogens with one attached hydrogen (secondary N) is 2. The zero-order valence-electron chi connectivity index (χ0n) is 19.7. The monoisotopic (exact) mass is 506 g/mol. The van der Waals surface area contributed by atoms with E-state index in [0.717, 1.165) is 29.4 Å². The Kier molecular flexibility index (Phi) is 7.38. The van der Waals surface area contributed by atoms with Gasteiger partial charge in [0.15, 0.2) is 0 Å². The van der Waals surface area contributed by atoms with Crippen LogP contribution in [0, 0.1) is 5.82 Å². The number of aromatic nitrogens is 2. The van der Waals surface area contributed by atoms with E-state index >= 15 is 0 Å². The van der Waals surface area contributed by atoms with Crippen LogP contribution in [-0.2, 0) is 26.8 Å². The Labute approximate surface area is 204 Å². The first-order valence-electron chi connectivity index (χ1n) is 10.6. The topological polar surface area (TPSA) is 93.1 Å². The number of sulfonamides is 1. The zero-order chi connectivity index (χ0) is 25.3. The third kappa shape index (κ3) is 6.36. The average Bonchev–Trinajstić information content (AvgIpc) is 3.17. The van der Waals surface area contributed by atoms with Crippen LogP contribution < -0.4 is 10.0 Å². The highest BCUT2D eigenvalue weighted by atomic mass is 35.5. The van der Waals surface area contributed by atoms with Crippen molar-refractivity contribution in [1.82, 2.24) is 15.1 Å². The van der Waals surface area contributed by atoms with Crippen LogP contribution in [0.2, 0.25) is 5.02 Å². The maximum absolute atomic E-state index is 14.4. The normalized spacial score (nSPS) is 12.9. The van der Waals surface area contributed by atoms with E-state index in [1.807, 2.05) is 18.2 Å². The number of halogens is 2. The molecule has 34 heavy (non-hydrogen) atoms. The minimum atomic E-state index is -3.61. The van der Waals surface area contributed by atoms with Gasteiger partial charge >= 0.3 is 0 Å². The molecular formula is C24H28ClFN4O3S. The molecule has 1 amide bonds. The second-order valence-corrected chi connectivity index (χ2v) is 11.4. The molecule has 0 aliphatic heterocycles. The Hall–Kier alpha value is -2.91. The van der Waals surface area contributed by atoms with Gasteiger partial charge in [0.1, 0.15) is 5.82 Å². The maximum Gasteiger partial charge on any atom is 0.229 e. The summed E-state index contributed by atoms with van der Waals surface area (Å²) < 4.78 is 40.9. The van der Waals surface area contributed by atoms with E-state index in [1.165, 1.54) is 12.1 Å². The summed E-state index contributed by atoms with van der Waals surface area (Å²) >= 11 is 6.02. The van der Waals surface area contributed by atoms with Gasteiger partial charge in [-0.3, -0.25) is 9.52 Å². The smallest absolute Gasteiger partial charge is 0.229 e. The van der Waals surface area contributed by atoms with E-state index in [2.05, 4.69) is 30.8 Å². The van der Waals surface area contributed by atoms with E-state index in [4.69, 9.17) is 16.7 Å². The van der Waals surface area contributed by atoms with E-state index in [0.29, 0.717) is 10.6 Å².